The Morgan fingerprint density at radius 1 is 0.933 bits per heavy atom. The fourth-order valence-corrected chi connectivity index (χ4v) is 4.59. The molecule has 3 heterocycles. The molecule has 0 saturated carbocycles. The zero-order valence-corrected chi connectivity index (χ0v) is 16.6. The van der Waals surface area contributed by atoms with Crippen molar-refractivity contribution in [2.24, 2.45) is 0 Å². The van der Waals surface area contributed by atoms with Gasteiger partial charge in [0.25, 0.3) is 0 Å². The van der Waals surface area contributed by atoms with Crippen LogP contribution >= 0.6 is 0 Å². The van der Waals surface area contributed by atoms with Gasteiger partial charge in [0.2, 0.25) is 10.0 Å². The number of hydrogen-bond donors (Lipinski definition) is 1. The molecule has 1 aromatic carbocycles. The third-order valence-electron chi connectivity index (χ3n) is 4.62. The molecule has 1 aliphatic heterocycles. The second kappa shape index (κ2) is 8.28. The molecule has 0 unspecified atom stereocenters. The van der Waals surface area contributed by atoms with Crippen molar-refractivity contribution in [2.75, 3.05) is 36.4 Å². The topological polar surface area (TPSA) is 91.3 Å². The van der Waals surface area contributed by atoms with Crippen LogP contribution in [0.3, 0.4) is 0 Å². The van der Waals surface area contributed by atoms with Crippen LogP contribution in [0.1, 0.15) is 0 Å². The highest BCUT2D eigenvalue weighted by molar-refractivity contribution is 7.89. The number of hydrogen-bond acceptors (Lipinski definition) is 7. The van der Waals surface area contributed by atoms with Crippen molar-refractivity contribution in [3.05, 3.63) is 66.5 Å². The Bertz CT molecular complexity index is 1100. The predicted molar refractivity (Wildman–Crippen MR) is 107 cm³/mol. The Morgan fingerprint density at radius 2 is 1.67 bits per heavy atom. The van der Waals surface area contributed by atoms with Gasteiger partial charge in [-0.25, -0.2) is 17.2 Å². The Kier molecular flexibility index (Phi) is 5.55. The monoisotopic (exact) mass is 432 g/mol. The molecular formula is C19H18F2N6O2S. The minimum absolute atomic E-state index is 0.165. The lowest BCUT2D eigenvalue weighted by Crippen LogP contribution is -2.49. The smallest absolute Gasteiger partial charge is 0.243 e. The first kappa shape index (κ1) is 20.1. The summed E-state index contributed by atoms with van der Waals surface area (Å²) in [5.41, 5.74) is 0.784. The van der Waals surface area contributed by atoms with Gasteiger partial charge in [-0.2, -0.15) is 4.31 Å². The first-order valence-corrected chi connectivity index (χ1v) is 10.6. The zero-order valence-electron chi connectivity index (χ0n) is 15.7. The number of aromatic nitrogens is 3. The molecule has 0 aliphatic carbocycles. The van der Waals surface area contributed by atoms with E-state index in [9.17, 15) is 17.2 Å². The third-order valence-corrected chi connectivity index (χ3v) is 6.50. The fraction of sp³-hybridized carbons (Fsp3) is 0.211. The Morgan fingerprint density at radius 3 is 2.27 bits per heavy atom. The second-order valence-corrected chi connectivity index (χ2v) is 8.58. The summed E-state index contributed by atoms with van der Waals surface area (Å²) in [6.07, 6.45) is 3.34. The Labute approximate surface area is 172 Å². The SMILES string of the molecule is O=S(=O)(c1cc(F)cc(F)c1)N1CCN(c2ccc(Nc3cccnc3)nn2)CC1. The summed E-state index contributed by atoms with van der Waals surface area (Å²) in [6.45, 7) is 1.08. The van der Waals surface area contributed by atoms with Crippen LogP contribution in [-0.2, 0) is 10.0 Å². The molecule has 0 radical (unpaired) electrons. The van der Waals surface area contributed by atoms with Gasteiger partial charge < -0.3 is 10.2 Å². The summed E-state index contributed by atoms with van der Waals surface area (Å²) in [5, 5.41) is 11.4. The van der Waals surface area contributed by atoms with Crippen molar-refractivity contribution in [3.63, 3.8) is 0 Å². The molecule has 0 atom stereocenters. The lowest BCUT2D eigenvalue weighted by molar-refractivity contribution is 0.383. The molecule has 1 aliphatic rings. The molecule has 156 valence electrons. The van der Waals surface area contributed by atoms with E-state index in [1.165, 1.54) is 4.31 Å². The quantitative estimate of drug-likeness (QED) is 0.662. The zero-order chi connectivity index (χ0) is 21.1. The van der Waals surface area contributed by atoms with Gasteiger partial charge in [-0.15, -0.1) is 10.2 Å². The van der Waals surface area contributed by atoms with Gasteiger partial charge >= 0.3 is 0 Å². The van der Waals surface area contributed by atoms with Crippen LogP contribution in [0, 0.1) is 11.6 Å². The van der Waals surface area contributed by atoms with Gasteiger partial charge in [-0.05, 0) is 36.4 Å². The Balaban J connectivity index is 1.40. The van der Waals surface area contributed by atoms with Crippen LogP contribution in [0.4, 0.5) is 26.1 Å². The molecule has 0 bridgehead atoms. The number of pyridine rings is 1. The van der Waals surface area contributed by atoms with Gasteiger partial charge in [0, 0.05) is 38.4 Å². The van der Waals surface area contributed by atoms with Crippen LogP contribution in [-0.4, -0.2) is 54.1 Å². The highest BCUT2D eigenvalue weighted by Crippen LogP contribution is 2.22. The first-order valence-electron chi connectivity index (χ1n) is 9.14. The molecule has 8 nitrogen and oxygen atoms in total. The van der Waals surface area contributed by atoms with Crippen molar-refractivity contribution in [1.29, 1.82) is 0 Å². The van der Waals surface area contributed by atoms with E-state index < -0.39 is 21.7 Å². The molecule has 0 amide bonds. The maximum atomic E-state index is 13.4. The average Bonchev–Trinajstić information content (AvgIpc) is 2.74. The molecule has 2 aromatic heterocycles. The minimum atomic E-state index is -3.98. The summed E-state index contributed by atoms with van der Waals surface area (Å²) in [4.78, 5) is 5.53. The van der Waals surface area contributed by atoms with Gasteiger partial charge in [0.15, 0.2) is 11.6 Å². The molecule has 4 rings (SSSR count). The largest absolute Gasteiger partial charge is 0.352 e. The number of sulfonamides is 1. The van der Waals surface area contributed by atoms with E-state index in [-0.39, 0.29) is 18.0 Å². The first-order chi connectivity index (χ1) is 14.4. The van der Waals surface area contributed by atoms with E-state index >= 15 is 0 Å². The van der Waals surface area contributed by atoms with Crippen molar-refractivity contribution in [3.8, 4) is 0 Å². The van der Waals surface area contributed by atoms with Crippen molar-refractivity contribution < 1.29 is 17.2 Å². The number of piperazine rings is 1. The summed E-state index contributed by atoms with van der Waals surface area (Å²) >= 11 is 0. The summed E-state index contributed by atoms with van der Waals surface area (Å²) < 4.78 is 53.4. The summed E-state index contributed by atoms with van der Waals surface area (Å²) in [7, 11) is -3.98. The lowest BCUT2D eigenvalue weighted by Gasteiger charge is -2.34. The highest BCUT2D eigenvalue weighted by Gasteiger charge is 2.29. The van der Waals surface area contributed by atoms with Crippen LogP contribution in [0.2, 0.25) is 0 Å². The second-order valence-electron chi connectivity index (χ2n) is 6.64. The van der Waals surface area contributed by atoms with E-state index in [2.05, 4.69) is 20.5 Å². The van der Waals surface area contributed by atoms with Crippen molar-refractivity contribution >= 4 is 27.3 Å². The van der Waals surface area contributed by atoms with Crippen LogP contribution < -0.4 is 10.2 Å². The number of anilines is 3. The maximum Gasteiger partial charge on any atom is 0.243 e. The number of nitrogens with zero attached hydrogens (tertiary/aromatic N) is 5. The number of halogens is 2. The minimum Gasteiger partial charge on any atom is -0.352 e. The highest BCUT2D eigenvalue weighted by atomic mass is 32.2. The van der Waals surface area contributed by atoms with Gasteiger partial charge in [-0.1, -0.05) is 0 Å². The van der Waals surface area contributed by atoms with E-state index in [4.69, 9.17) is 0 Å². The van der Waals surface area contributed by atoms with Gasteiger partial charge in [0.1, 0.15) is 11.6 Å². The average molecular weight is 432 g/mol. The summed E-state index contributed by atoms with van der Waals surface area (Å²) in [6, 6.07) is 9.51. The van der Waals surface area contributed by atoms with E-state index in [0.717, 1.165) is 17.8 Å². The van der Waals surface area contributed by atoms with E-state index in [0.29, 0.717) is 30.8 Å². The van der Waals surface area contributed by atoms with Gasteiger partial charge in [-0.3, -0.25) is 4.98 Å². The van der Waals surface area contributed by atoms with Crippen molar-refractivity contribution in [1.82, 2.24) is 19.5 Å². The molecule has 1 N–H and O–H groups in total. The molecule has 11 heteroatoms. The standard InChI is InChI=1S/C19H18F2N6O2S/c20-14-10-15(21)12-17(11-14)30(28,29)27-8-6-26(7-9-27)19-4-3-18(24-25-19)23-16-2-1-5-22-13-16/h1-5,10-13H,6-9H2,(H,23,24). The van der Waals surface area contributed by atoms with Crippen LogP contribution in [0.15, 0.2) is 59.8 Å². The maximum absolute atomic E-state index is 13.4. The van der Waals surface area contributed by atoms with E-state index in [1.54, 1.807) is 30.6 Å². The van der Waals surface area contributed by atoms with Gasteiger partial charge in [0.05, 0.1) is 16.8 Å². The fourth-order valence-electron chi connectivity index (χ4n) is 3.13. The van der Waals surface area contributed by atoms with E-state index in [1.807, 2.05) is 11.0 Å². The molecule has 1 saturated heterocycles. The van der Waals surface area contributed by atoms with Crippen molar-refractivity contribution in [2.45, 2.75) is 4.90 Å². The molecule has 0 spiro atoms. The lowest BCUT2D eigenvalue weighted by atomic mass is 10.3. The normalized spacial score (nSPS) is 15.2. The predicted octanol–water partition coefficient (Wildman–Crippen LogP) is 2.40. The molecule has 3 aromatic rings. The Hall–Kier alpha value is -3.18. The number of rotatable bonds is 5. The van der Waals surface area contributed by atoms with Crippen LogP contribution in [0.25, 0.3) is 0 Å². The molecule has 1 fully saturated rings. The molecule has 30 heavy (non-hydrogen) atoms. The number of benzene rings is 1. The molecular weight excluding hydrogens is 414 g/mol. The summed E-state index contributed by atoms with van der Waals surface area (Å²) in [5.74, 6) is -0.688. The number of nitrogens with one attached hydrogen (secondary N) is 1. The third kappa shape index (κ3) is 4.36. The van der Waals surface area contributed by atoms with Crippen LogP contribution in [0.5, 0.6) is 0 Å².